The smallest absolute Gasteiger partial charge is 0.204 e. The van der Waals surface area contributed by atoms with E-state index in [0.717, 1.165) is 0 Å². The van der Waals surface area contributed by atoms with Crippen LogP contribution in [-0.2, 0) is 10.9 Å². The maximum absolute atomic E-state index is 10.3. The highest BCUT2D eigenvalue weighted by Gasteiger charge is 1.99. The van der Waals surface area contributed by atoms with Crippen LogP contribution < -0.4 is 0 Å². The van der Waals surface area contributed by atoms with Crippen LogP contribution in [0.2, 0.25) is 0 Å². The molecule has 0 saturated heterocycles. The first-order chi connectivity index (χ1) is 4.72. The topological polar surface area (TPSA) is 37.4 Å². The van der Waals surface area contributed by atoms with Crippen molar-refractivity contribution in [3.63, 3.8) is 0 Å². The molecule has 0 fully saturated rings. The lowest BCUT2D eigenvalue weighted by molar-refractivity contribution is 0.494. The third kappa shape index (κ3) is 3.42. The molecule has 0 spiro atoms. The van der Waals surface area contributed by atoms with Crippen LogP contribution in [0.25, 0.3) is 0 Å². The van der Waals surface area contributed by atoms with Gasteiger partial charge < -0.3 is 0 Å². The zero-order valence-electron chi connectivity index (χ0n) is 5.69. The highest BCUT2D eigenvalue weighted by molar-refractivity contribution is 7.69. The molecule has 58 valence electrons. The molecular weight excluding hydrogens is 150 g/mol. The molecule has 0 heterocycles. The molecule has 0 radical (unpaired) electrons. The largest absolute Gasteiger partial charge is 0.215 e. The predicted octanol–water partition coefficient (Wildman–Crippen LogP) is 0.187. The van der Waals surface area contributed by atoms with Crippen LogP contribution >= 0.6 is 0 Å². The van der Waals surface area contributed by atoms with Gasteiger partial charge in [0, 0.05) is 13.1 Å². The van der Waals surface area contributed by atoms with Crippen LogP contribution in [0.3, 0.4) is 0 Å². The highest BCUT2D eigenvalue weighted by atomic mass is 32.2. The van der Waals surface area contributed by atoms with Gasteiger partial charge in [0.25, 0.3) is 0 Å². The Kier molecular flexibility index (Phi) is 4.88. The van der Waals surface area contributed by atoms with Gasteiger partial charge in [0.05, 0.1) is 0 Å². The molecule has 3 nitrogen and oxygen atoms in total. The van der Waals surface area contributed by atoms with E-state index in [0.29, 0.717) is 13.1 Å². The minimum absolute atomic E-state index is 0.352. The van der Waals surface area contributed by atoms with Gasteiger partial charge in [0.15, 0.2) is 0 Å². The van der Waals surface area contributed by atoms with E-state index >= 15 is 0 Å². The summed E-state index contributed by atoms with van der Waals surface area (Å²) in [6, 6.07) is 0. The molecule has 10 heavy (non-hydrogen) atoms. The Labute approximate surface area is 62.7 Å². The number of hydrogen-bond donors (Lipinski definition) is 1. The summed E-state index contributed by atoms with van der Waals surface area (Å²) in [5.41, 5.74) is 0. The van der Waals surface area contributed by atoms with Crippen molar-refractivity contribution >= 4 is 10.9 Å². The Hall–Kier alpha value is -0.610. The fourth-order valence-electron chi connectivity index (χ4n) is 0.506. The van der Waals surface area contributed by atoms with Crippen molar-refractivity contribution in [3.8, 4) is 0 Å². The van der Waals surface area contributed by atoms with Crippen LogP contribution in [0.4, 0.5) is 0 Å². The molecule has 0 unspecified atom stereocenters. The zero-order chi connectivity index (χ0) is 7.98. The van der Waals surface area contributed by atoms with Gasteiger partial charge >= 0.3 is 0 Å². The van der Waals surface area contributed by atoms with Gasteiger partial charge in [-0.3, -0.25) is 0 Å². The molecule has 0 atom stereocenters. The molecule has 0 aromatic carbocycles. The van der Waals surface area contributed by atoms with E-state index in [2.05, 4.69) is 13.2 Å². The van der Waals surface area contributed by atoms with Crippen molar-refractivity contribution in [2.45, 2.75) is 0 Å². The predicted molar refractivity (Wildman–Crippen MR) is 42.3 cm³/mol. The molecule has 0 aromatic heterocycles. The second kappa shape index (κ2) is 5.20. The van der Waals surface area contributed by atoms with Gasteiger partial charge in [0.2, 0.25) is 10.9 Å². The molecular formula is C6H11NO2S. The highest BCUT2D eigenvalue weighted by Crippen LogP contribution is 1.87. The van der Waals surface area contributed by atoms with Gasteiger partial charge in [-0.2, -0.15) is 4.31 Å². The summed E-state index contributed by atoms with van der Waals surface area (Å²) < 4.78 is 21.9. The van der Waals surface area contributed by atoms with Crippen LogP contribution in [-0.4, -0.2) is 25.8 Å². The minimum atomic E-state index is -2.48. The van der Waals surface area contributed by atoms with Gasteiger partial charge in [-0.1, -0.05) is 12.2 Å². The van der Waals surface area contributed by atoms with E-state index < -0.39 is 10.9 Å². The molecule has 0 amide bonds. The maximum Gasteiger partial charge on any atom is 0.204 e. The van der Waals surface area contributed by atoms with Crippen molar-refractivity contribution in [2.24, 2.45) is 0 Å². The third-order valence-corrected chi connectivity index (χ3v) is 1.70. The Bertz CT molecular complexity index is 168. The Balaban J connectivity index is 3.95. The average molecular weight is 161 g/mol. The van der Waals surface area contributed by atoms with E-state index in [-0.39, 0.29) is 0 Å². The maximum atomic E-state index is 10.3. The lowest BCUT2D eigenvalue weighted by Gasteiger charge is -2.07. The molecule has 0 aliphatic heterocycles. The van der Waals surface area contributed by atoms with E-state index in [1.807, 2.05) is 0 Å². The Morgan fingerprint density at radius 2 is 1.60 bits per heavy atom. The van der Waals surface area contributed by atoms with Crippen molar-refractivity contribution in [2.75, 3.05) is 13.1 Å². The second-order valence-electron chi connectivity index (χ2n) is 1.69. The summed E-state index contributed by atoms with van der Waals surface area (Å²) in [5, 5.41) is 0. The van der Waals surface area contributed by atoms with Crippen molar-refractivity contribution in [1.29, 1.82) is 0 Å². The van der Waals surface area contributed by atoms with Gasteiger partial charge in [-0.15, -0.1) is 13.2 Å². The third-order valence-electron chi connectivity index (χ3n) is 0.911. The Morgan fingerprint density at radius 1 is 1.20 bits per heavy atom. The van der Waals surface area contributed by atoms with Crippen LogP contribution in [0.5, 0.6) is 0 Å². The fraction of sp³-hybridized carbons (Fsp3) is 0.333. The zero-order valence-corrected chi connectivity index (χ0v) is 6.59. The number of nitrogens with zero attached hydrogens (tertiary/aromatic N) is 1. The molecule has 0 rings (SSSR count). The molecule has 0 bridgehead atoms. The first-order valence-electron chi connectivity index (χ1n) is 2.83. The van der Waals surface area contributed by atoms with E-state index in [4.69, 9.17) is 0 Å². The van der Waals surface area contributed by atoms with E-state index in [1.165, 1.54) is 16.5 Å². The second-order valence-corrected chi connectivity index (χ2v) is 2.73. The van der Waals surface area contributed by atoms with Gasteiger partial charge in [-0.05, 0) is 0 Å². The average Bonchev–Trinajstić information content (AvgIpc) is 1.87. The first kappa shape index (κ1) is 9.39. The normalized spacial score (nSPS) is 10.2. The molecule has 0 N–H and O–H groups in total. The summed E-state index contributed by atoms with van der Waals surface area (Å²) in [5.74, 6) is 0. The standard InChI is InChI=1S/C6H11NO2S/c1-3-5-7(6-4-2)10(8)9/h3-4,10H,1-2,5-6H2. The number of rotatable bonds is 5. The van der Waals surface area contributed by atoms with Crippen molar-refractivity contribution < 1.29 is 8.42 Å². The minimum Gasteiger partial charge on any atom is -0.215 e. The lowest BCUT2D eigenvalue weighted by Crippen LogP contribution is -2.21. The van der Waals surface area contributed by atoms with Gasteiger partial charge in [0.1, 0.15) is 0 Å². The van der Waals surface area contributed by atoms with E-state index in [9.17, 15) is 8.42 Å². The lowest BCUT2D eigenvalue weighted by atomic mass is 10.5. The van der Waals surface area contributed by atoms with Gasteiger partial charge in [-0.25, -0.2) is 8.42 Å². The van der Waals surface area contributed by atoms with E-state index in [1.54, 1.807) is 0 Å². The summed E-state index contributed by atoms with van der Waals surface area (Å²) in [7, 11) is -2.48. The van der Waals surface area contributed by atoms with Crippen LogP contribution in [0.15, 0.2) is 25.3 Å². The quantitative estimate of drug-likeness (QED) is 0.461. The summed E-state index contributed by atoms with van der Waals surface area (Å²) in [6.45, 7) is 7.55. The summed E-state index contributed by atoms with van der Waals surface area (Å²) in [4.78, 5) is 0. The van der Waals surface area contributed by atoms with Crippen LogP contribution in [0.1, 0.15) is 0 Å². The molecule has 0 aliphatic carbocycles. The number of thiol groups is 1. The molecule has 0 aliphatic rings. The fourth-order valence-corrected chi connectivity index (χ4v) is 1.00. The first-order valence-corrected chi connectivity index (χ1v) is 3.96. The van der Waals surface area contributed by atoms with Crippen LogP contribution in [0, 0.1) is 0 Å². The van der Waals surface area contributed by atoms with Crippen molar-refractivity contribution in [3.05, 3.63) is 25.3 Å². The summed E-state index contributed by atoms with van der Waals surface area (Å²) in [6.07, 6.45) is 3.07. The number of hydrogen-bond acceptors (Lipinski definition) is 2. The molecule has 0 aromatic rings. The monoisotopic (exact) mass is 161 g/mol. The Morgan fingerprint density at radius 3 is 1.80 bits per heavy atom. The summed E-state index contributed by atoms with van der Waals surface area (Å²) >= 11 is 0. The SMILES string of the molecule is C=CCN(CC=C)[SH](=O)=O. The molecule has 0 saturated carbocycles. The molecule has 4 heteroatoms. The van der Waals surface area contributed by atoms with Crippen molar-refractivity contribution in [1.82, 2.24) is 4.31 Å².